The van der Waals surface area contributed by atoms with Crippen LogP contribution in [0.3, 0.4) is 0 Å². The van der Waals surface area contributed by atoms with Gasteiger partial charge < -0.3 is 15.2 Å². The summed E-state index contributed by atoms with van der Waals surface area (Å²) in [5.74, 6) is 1.18. The van der Waals surface area contributed by atoms with Crippen LogP contribution in [0.5, 0.6) is 11.5 Å². The monoisotopic (exact) mass is 261 g/mol. The van der Waals surface area contributed by atoms with Gasteiger partial charge in [-0.15, -0.1) is 0 Å². The third-order valence-electron chi connectivity index (χ3n) is 2.72. The molecule has 0 aromatic heterocycles. The van der Waals surface area contributed by atoms with E-state index in [4.69, 9.17) is 15.2 Å². The minimum atomic E-state index is -0.295. The first-order valence-electron chi connectivity index (χ1n) is 5.96. The van der Waals surface area contributed by atoms with Crippen LogP contribution in [0.2, 0.25) is 0 Å². The number of rotatable bonds is 5. The number of methoxy groups -OCH3 is 1. The summed E-state index contributed by atoms with van der Waals surface area (Å²) < 4.78 is 24.0. The molecule has 4 heteroatoms. The molecule has 0 fully saturated rings. The van der Waals surface area contributed by atoms with Gasteiger partial charge in [-0.3, -0.25) is 0 Å². The van der Waals surface area contributed by atoms with Crippen LogP contribution in [0.15, 0.2) is 42.5 Å². The van der Waals surface area contributed by atoms with Crippen molar-refractivity contribution >= 4 is 0 Å². The van der Waals surface area contributed by atoms with Crippen molar-refractivity contribution in [1.29, 1.82) is 0 Å². The predicted octanol–water partition coefficient (Wildman–Crippen LogP) is 2.87. The van der Waals surface area contributed by atoms with Gasteiger partial charge in [-0.25, -0.2) is 4.39 Å². The number of hydrogen-bond donors (Lipinski definition) is 1. The van der Waals surface area contributed by atoms with E-state index >= 15 is 0 Å². The zero-order valence-electron chi connectivity index (χ0n) is 10.7. The first-order chi connectivity index (χ1) is 9.21. The topological polar surface area (TPSA) is 44.5 Å². The minimum Gasteiger partial charge on any atom is -0.497 e. The summed E-state index contributed by atoms with van der Waals surface area (Å²) in [4.78, 5) is 0. The van der Waals surface area contributed by atoms with Crippen LogP contribution in [0.1, 0.15) is 11.1 Å². The van der Waals surface area contributed by atoms with E-state index in [9.17, 15) is 4.39 Å². The fourth-order valence-electron chi connectivity index (χ4n) is 1.76. The van der Waals surface area contributed by atoms with E-state index in [-0.39, 0.29) is 5.82 Å². The second kappa shape index (κ2) is 6.20. The Morgan fingerprint density at radius 3 is 2.26 bits per heavy atom. The van der Waals surface area contributed by atoms with Gasteiger partial charge in [0, 0.05) is 6.54 Å². The van der Waals surface area contributed by atoms with E-state index in [0.29, 0.717) is 18.9 Å². The molecule has 0 bridgehead atoms. The van der Waals surface area contributed by atoms with Crippen molar-refractivity contribution in [2.75, 3.05) is 7.11 Å². The molecular formula is C15H16FNO2. The number of hydrogen-bond acceptors (Lipinski definition) is 3. The van der Waals surface area contributed by atoms with Gasteiger partial charge in [0.2, 0.25) is 0 Å². The summed E-state index contributed by atoms with van der Waals surface area (Å²) in [6.45, 7) is 0.615. The highest BCUT2D eigenvalue weighted by Crippen LogP contribution is 2.18. The van der Waals surface area contributed by atoms with E-state index in [0.717, 1.165) is 16.9 Å². The van der Waals surface area contributed by atoms with E-state index in [1.54, 1.807) is 7.11 Å². The van der Waals surface area contributed by atoms with Crippen LogP contribution in [0.25, 0.3) is 0 Å². The predicted molar refractivity (Wildman–Crippen MR) is 71.6 cm³/mol. The quantitative estimate of drug-likeness (QED) is 0.900. The zero-order chi connectivity index (χ0) is 13.7. The zero-order valence-corrected chi connectivity index (χ0v) is 10.7. The molecule has 0 radical (unpaired) electrons. The molecule has 0 saturated heterocycles. The van der Waals surface area contributed by atoms with Crippen LogP contribution in [-0.4, -0.2) is 7.11 Å². The van der Waals surface area contributed by atoms with Crippen LogP contribution in [0, 0.1) is 5.82 Å². The Hall–Kier alpha value is -2.07. The van der Waals surface area contributed by atoms with Gasteiger partial charge in [0.15, 0.2) is 0 Å². The van der Waals surface area contributed by atoms with E-state index in [1.807, 2.05) is 30.3 Å². The molecule has 0 atom stereocenters. The number of halogens is 1. The van der Waals surface area contributed by atoms with Gasteiger partial charge in [0.1, 0.15) is 23.9 Å². The molecule has 100 valence electrons. The lowest BCUT2D eigenvalue weighted by Gasteiger charge is -2.08. The van der Waals surface area contributed by atoms with Gasteiger partial charge in [0.25, 0.3) is 0 Å². The van der Waals surface area contributed by atoms with Crippen molar-refractivity contribution in [1.82, 2.24) is 0 Å². The Balaban J connectivity index is 2.03. The lowest BCUT2D eigenvalue weighted by molar-refractivity contribution is 0.304. The van der Waals surface area contributed by atoms with Crippen LogP contribution in [-0.2, 0) is 13.2 Å². The minimum absolute atomic E-state index is 0.295. The number of ether oxygens (including phenoxy) is 2. The molecule has 0 spiro atoms. The lowest BCUT2D eigenvalue weighted by atomic mass is 10.1. The van der Waals surface area contributed by atoms with Crippen molar-refractivity contribution in [2.24, 2.45) is 5.73 Å². The first-order valence-corrected chi connectivity index (χ1v) is 5.96. The first kappa shape index (κ1) is 13.4. The normalized spacial score (nSPS) is 10.3. The number of benzene rings is 2. The molecule has 0 aliphatic rings. The molecule has 3 nitrogen and oxygen atoms in total. The Morgan fingerprint density at radius 2 is 1.63 bits per heavy atom. The Kier molecular flexibility index (Phi) is 4.36. The maximum atomic E-state index is 13.3. The Morgan fingerprint density at radius 1 is 1.00 bits per heavy atom. The van der Waals surface area contributed by atoms with E-state index in [1.165, 1.54) is 12.1 Å². The number of nitrogens with two attached hydrogens (primary N) is 1. The van der Waals surface area contributed by atoms with Crippen LogP contribution >= 0.6 is 0 Å². The van der Waals surface area contributed by atoms with Gasteiger partial charge >= 0.3 is 0 Å². The second-order valence-electron chi connectivity index (χ2n) is 4.14. The van der Waals surface area contributed by atoms with Crippen molar-refractivity contribution in [3.63, 3.8) is 0 Å². The van der Waals surface area contributed by atoms with Crippen molar-refractivity contribution < 1.29 is 13.9 Å². The largest absolute Gasteiger partial charge is 0.497 e. The summed E-state index contributed by atoms with van der Waals surface area (Å²) in [5, 5.41) is 0. The molecule has 0 unspecified atom stereocenters. The molecule has 0 aliphatic heterocycles. The smallest absolute Gasteiger partial charge is 0.123 e. The summed E-state index contributed by atoms with van der Waals surface area (Å²) in [7, 11) is 1.61. The molecule has 2 aromatic rings. The molecule has 0 aliphatic carbocycles. The van der Waals surface area contributed by atoms with E-state index in [2.05, 4.69) is 0 Å². The summed E-state index contributed by atoms with van der Waals surface area (Å²) >= 11 is 0. The standard InChI is InChI=1S/C15H16FNO2/c1-18-14-2-4-15(5-3-14)19-10-12-6-11(9-17)7-13(16)8-12/h2-8H,9-10,17H2,1H3. The fourth-order valence-corrected chi connectivity index (χ4v) is 1.76. The molecule has 2 N–H and O–H groups in total. The summed E-state index contributed by atoms with van der Waals surface area (Å²) in [6.07, 6.45) is 0. The van der Waals surface area contributed by atoms with Gasteiger partial charge in [-0.05, 0) is 47.5 Å². The van der Waals surface area contributed by atoms with Crippen molar-refractivity contribution in [3.05, 3.63) is 59.4 Å². The molecule has 2 aromatic carbocycles. The average molecular weight is 261 g/mol. The molecule has 0 heterocycles. The SMILES string of the molecule is COc1ccc(OCc2cc(F)cc(CN)c2)cc1. The second-order valence-corrected chi connectivity index (χ2v) is 4.14. The highest BCUT2D eigenvalue weighted by molar-refractivity contribution is 5.31. The Labute approximate surface area is 111 Å². The molecular weight excluding hydrogens is 245 g/mol. The van der Waals surface area contributed by atoms with Gasteiger partial charge in [-0.1, -0.05) is 6.07 Å². The molecule has 0 saturated carbocycles. The van der Waals surface area contributed by atoms with E-state index < -0.39 is 0 Å². The van der Waals surface area contributed by atoms with Gasteiger partial charge in [0.05, 0.1) is 7.11 Å². The third-order valence-corrected chi connectivity index (χ3v) is 2.72. The van der Waals surface area contributed by atoms with Crippen LogP contribution < -0.4 is 15.2 Å². The summed E-state index contributed by atoms with van der Waals surface area (Å²) in [5.41, 5.74) is 7.02. The molecule has 2 rings (SSSR count). The highest BCUT2D eigenvalue weighted by Gasteiger charge is 2.01. The van der Waals surface area contributed by atoms with Crippen molar-refractivity contribution in [2.45, 2.75) is 13.2 Å². The third kappa shape index (κ3) is 3.69. The lowest BCUT2D eigenvalue weighted by Crippen LogP contribution is -2.01. The van der Waals surface area contributed by atoms with Gasteiger partial charge in [-0.2, -0.15) is 0 Å². The molecule has 19 heavy (non-hydrogen) atoms. The highest BCUT2D eigenvalue weighted by atomic mass is 19.1. The fraction of sp³-hybridized carbons (Fsp3) is 0.200. The maximum absolute atomic E-state index is 13.3. The maximum Gasteiger partial charge on any atom is 0.123 e. The summed E-state index contributed by atoms with van der Waals surface area (Å²) in [6, 6.07) is 12.0. The average Bonchev–Trinajstić information content (AvgIpc) is 2.45. The van der Waals surface area contributed by atoms with Crippen LogP contribution in [0.4, 0.5) is 4.39 Å². The van der Waals surface area contributed by atoms with Crippen molar-refractivity contribution in [3.8, 4) is 11.5 Å². The Bertz CT molecular complexity index is 540. The molecule has 0 amide bonds.